The van der Waals surface area contributed by atoms with Crippen molar-refractivity contribution >= 4 is 116 Å². The number of piperazine rings is 2. The van der Waals surface area contributed by atoms with E-state index >= 15 is 0 Å². The van der Waals surface area contributed by atoms with Crippen molar-refractivity contribution in [3.63, 3.8) is 0 Å². The predicted octanol–water partition coefficient (Wildman–Crippen LogP) is 11.4. The average molecular weight is 1780 g/mol. The van der Waals surface area contributed by atoms with Gasteiger partial charge in [0, 0.05) is 108 Å². The molecule has 13 heterocycles. The number of piperidine rings is 2. The van der Waals surface area contributed by atoms with Gasteiger partial charge in [0.15, 0.2) is 22.6 Å². The lowest BCUT2D eigenvalue weighted by molar-refractivity contribution is -0.138. The van der Waals surface area contributed by atoms with E-state index < -0.39 is 23.3 Å². The Morgan fingerprint density at radius 2 is 0.669 bits per heavy atom. The molecule has 0 saturated carbocycles. The summed E-state index contributed by atoms with van der Waals surface area (Å²) in [6.07, 6.45) is 9.78. The molecule has 0 aliphatic carbocycles. The molecule has 4 unspecified atom stereocenters. The number of para-hydroxylation sites is 1. The number of ether oxygens (including phenoxy) is 1. The molecule has 2 amide bonds. The molecule has 36 heteroatoms. The van der Waals surface area contributed by atoms with Gasteiger partial charge in [0.25, 0.3) is 22.2 Å². The van der Waals surface area contributed by atoms with Crippen molar-refractivity contribution in [2.45, 2.75) is 68.0 Å². The fourth-order valence-corrected chi connectivity index (χ4v) is 18.1. The third-order valence-corrected chi connectivity index (χ3v) is 25.5. The zero-order valence-corrected chi connectivity index (χ0v) is 72.8. The Bertz CT molecular complexity index is 6960. The Hall–Kier alpha value is -13.9. The number of allylic oxidation sites excluding steroid dienone is 2. The number of likely N-dealkylation sites (tertiary alicyclic amines) is 2. The molecule has 9 aromatic heterocycles. The van der Waals surface area contributed by atoms with Gasteiger partial charge in [0.1, 0.15) is 75.6 Å². The number of pyridine rings is 1. The number of H-pyrrole nitrogens is 8. The third kappa shape index (κ3) is 18.4. The van der Waals surface area contributed by atoms with Crippen LogP contribution in [0.3, 0.4) is 0 Å². The number of carbonyl (C=O) groups is 2. The van der Waals surface area contributed by atoms with Gasteiger partial charge in [-0.2, -0.15) is 0 Å². The van der Waals surface area contributed by atoms with E-state index in [1.165, 1.54) is 24.0 Å². The van der Waals surface area contributed by atoms with E-state index in [1.807, 2.05) is 130 Å². The van der Waals surface area contributed by atoms with Crippen molar-refractivity contribution in [2.75, 3.05) is 95.4 Å². The number of hydrogen-bond acceptors (Lipinski definition) is 22. The van der Waals surface area contributed by atoms with Crippen molar-refractivity contribution in [3.05, 3.63) is 338 Å². The van der Waals surface area contributed by atoms with E-state index in [2.05, 4.69) is 159 Å². The summed E-state index contributed by atoms with van der Waals surface area (Å²) in [7, 11) is 1.67. The highest BCUT2D eigenvalue weighted by molar-refractivity contribution is 7.72. The van der Waals surface area contributed by atoms with Crippen molar-refractivity contribution in [1.29, 1.82) is 0 Å². The van der Waals surface area contributed by atoms with Crippen LogP contribution in [0.15, 0.2) is 269 Å². The number of hydrogen-bond donors (Lipinski definition) is 10. The van der Waals surface area contributed by atoms with Gasteiger partial charge < -0.3 is 62.6 Å². The molecule has 4 aliphatic heterocycles. The lowest BCUT2D eigenvalue weighted by Gasteiger charge is -2.40. The summed E-state index contributed by atoms with van der Waals surface area (Å²) >= 11 is 22.6. The molecule has 10 N–H and O–H groups in total. The number of aromatic nitrogens is 17. The van der Waals surface area contributed by atoms with Crippen LogP contribution in [0.2, 0.25) is 0 Å². The minimum Gasteiger partial charge on any atom is -0.497 e. The van der Waals surface area contributed by atoms with Crippen LogP contribution in [0.1, 0.15) is 84.7 Å². The van der Waals surface area contributed by atoms with Gasteiger partial charge in [-0.1, -0.05) is 208 Å². The van der Waals surface area contributed by atoms with Gasteiger partial charge in [0.2, 0.25) is 11.8 Å². The maximum atomic E-state index is 13.8. The van der Waals surface area contributed by atoms with E-state index in [4.69, 9.17) is 53.6 Å². The zero-order chi connectivity index (χ0) is 88.6. The maximum Gasteiger partial charge on any atom is 0.276 e. The monoisotopic (exact) mass is 1780 g/mol. The van der Waals surface area contributed by atoms with E-state index in [9.17, 15) is 39.0 Å². The molecule has 0 bridgehead atoms. The predicted molar refractivity (Wildman–Crippen MR) is 496 cm³/mol. The summed E-state index contributed by atoms with van der Waals surface area (Å²) in [6, 6.07) is 60.8. The Morgan fingerprint density at radius 3 is 0.992 bits per heavy atom. The van der Waals surface area contributed by atoms with Gasteiger partial charge in [-0.05, 0) is 103 Å². The molecular formula is C91H93N23O9S4. The minimum absolute atomic E-state index is 0.133. The number of amides is 2. The molecule has 4 saturated heterocycles. The number of methoxy groups -OCH3 is 1. The van der Waals surface area contributed by atoms with Gasteiger partial charge in [0.05, 0.1) is 43.7 Å². The quantitative estimate of drug-likeness (QED) is 0.0357. The molecule has 0 spiro atoms. The molecule has 4 aliphatic rings. The Morgan fingerprint density at radius 1 is 0.370 bits per heavy atom. The van der Waals surface area contributed by atoms with Crippen LogP contribution < -0.4 is 36.8 Å². The van der Waals surface area contributed by atoms with E-state index in [1.54, 1.807) is 64.0 Å². The second kappa shape index (κ2) is 37.9. The van der Waals surface area contributed by atoms with Crippen LogP contribution in [0.25, 0.3) is 44.1 Å². The number of aliphatic hydroxyl groups is 2. The highest BCUT2D eigenvalue weighted by Gasteiger charge is 2.40. The molecular weight excluding hydrogens is 1690 g/mol. The lowest BCUT2D eigenvalue weighted by atomic mass is 9.87. The Kier molecular flexibility index (Phi) is 25.8. The van der Waals surface area contributed by atoms with E-state index in [0.29, 0.717) is 100 Å². The number of benzene rings is 6. The molecule has 4 fully saturated rings. The molecule has 0 radical (unpaired) electrons. The van der Waals surface area contributed by atoms with Gasteiger partial charge in [-0.3, -0.25) is 74.5 Å². The van der Waals surface area contributed by atoms with Crippen molar-refractivity contribution in [3.8, 4) is 5.75 Å². The number of nitrogens with one attached hydrogen (secondary N) is 8. The highest BCUT2D eigenvalue weighted by atomic mass is 32.1. The van der Waals surface area contributed by atoms with Crippen LogP contribution in [0.4, 0.5) is 11.4 Å². The highest BCUT2D eigenvalue weighted by Crippen LogP contribution is 2.37. The first-order valence-corrected chi connectivity index (χ1v) is 43.1. The first kappa shape index (κ1) is 86.6. The van der Waals surface area contributed by atoms with Crippen molar-refractivity contribution < 1.29 is 24.5 Å². The van der Waals surface area contributed by atoms with Crippen LogP contribution in [0, 0.1) is 18.6 Å². The fraction of sp³-hybridized carbons (Fsp3) is 0.264. The SMILES string of the molecule is C=C(C(c1ccccc1)n1cnc2[nH][nH]c(=O)c2c1=S)N1CCN(c2ccc(OC)cc2)CC1.C=C(C(c1ccccc1)n1cnc2[nH][nH]c(=O)c2c1=S)N1CCN(c2ccccc2)CC1.CC1(O)CCN(C(=O)C(c2ccccc2)n2cnc3[nH][nH]c(=O)c3c2=S)CC1.O=C(C(c1ccccc1)n1cnc2[nH][nH]c(=O)c2c1=S)N1CCC(O)(c2ccccn2)CC1. The van der Waals surface area contributed by atoms with Crippen LogP contribution in [0.5, 0.6) is 5.75 Å². The van der Waals surface area contributed by atoms with E-state index in [-0.39, 0.29) is 66.2 Å². The number of nitrogens with zero attached hydrogens (tertiary/aromatic N) is 15. The fourth-order valence-electron chi connectivity index (χ4n) is 16.8. The Labute approximate surface area is 746 Å². The summed E-state index contributed by atoms with van der Waals surface area (Å²) in [5.41, 5.74) is 6.98. The smallest absolute Gasteiger partial charge is 0.276 e. The summed E-state index contributed by atoms with van der Waals surface area (Å²) in [6.45, 7) is 19.3. The van der Waals surface area contributed by atoms with Crippen molar-refractivity contribution in [2.24, 2.45) is 0 Å². The number of anilines is 2. The summed E-state index contributed by atoms with van der Waals surface area (Å²) < 4.78 is 13.5. The normalized spacial score (nSPS) is 16.0. The lowest BCUT2D eigenvalue weighted by Crippen LogP contribution is -2.48. The molecule has 32 nitrogen and oxygen atoms in total. The second-order valence-electron chi connectivity index (χ2n) is 31.7. The maximum absolute atomic E-state index is 13.8. The minimum atomic E-state index is -1.07. The summed E-state index contributed by atoms with van der Waals surface area (Å²) in [5, 5.41) is 43.6. The molecule has 127 heavy (non-hydrogen) atoms. The molecule has 650 valence electrons. The molecule has 4 atom stereocenters. The average Bonchev–Trinajstić information content (AvgIpc) is 1.67. The van der Waals surface area contributed by atoms with Crippen molar-refractivity contribution in [1.82, 2.24) is 104 Å². The number of fused-ring (bicyclic) bond motifs is 4. The van der Waals surface area contributed by atoms with Gasteiger partial charge in [-0.25, -0.2) is 19.9 Å². The largest absolute Gasteiger partial charge is 0.497 e. The van der Waals surface area contributed by atoms with Crippen LogP contribution in [-0.4, -0.2) is 217 Å². The second-order valence-corrected chi connectivity index (χ2v) is 33.2. The first-order valence-electron chi connectivity index (χ1n) is 41.5. The van der Waals surface area contributed by atoms with E-state index in [0.717, 1.165) is 91.8 Å². The summed E-state index contributed by atoms with van der Waals surface area (Å²) in [5.74, 6) is 0.546. The Balaban J connectivity index is 0.000000125. The molecule has 19 rings (SSSR count). The number of rotatable bonds is 18. The van der Waals surface area contributed by atoms with Gasteiger partial charge >= 0.3 is 0 Å². The van der Waals surface area contributed by atoms with Crippen LogP contribution in [-0.2, 0) is 15.2 Å². The summed E-state index contributed by atoms with van der Waals surface area (Å²) in [4.78, 5) is 111. The topological polar surface area (TPSA) is 382 Å². The number of carbonyl (C=O) groups excluding carboxylic acids is 2. The first-order chi connectivity index (χ1) is 61.5. The standard InChI is InChI=1S/C25H26N6O2S.C24H24N6OS.C23H22N6O3S.C19H21N5O3S/c1-17(29-12-14-30(15-13-29)19-8-10-20(33-2)11-9-19)22(18-6-4-3-5-7-18)31-16-26-23-21(25(31)34)24(32)28-27-23;1-17(28-12-14-29(15-13-28)19-10-6-3-7-11-19)21(18-8-4-2-5-9-18)30-16-25-22-20(24(30)32)23(31)27-26-22;30-20-17-19(26-27-20)25-14-29(22(17)33)18(15-6-2-1-3-7-15)21(31)28-12-9-23(32,10-13-28)16-8-4-5-11-24-16;1-19(27)7-9-23(10-8-19)17(26)14(12-5-3-2-4-6-12)24-11-20-15-13(18(24)28)16(25)22-21-15/h3-11,16,22H,1,12-15H2,2H3,(H2,27,28,32);2-11,16,21H,1,12-15H2,(H2,26,27,31);1-8,11,14,18,32H,9-10,12-13H2,(H2,26,27,30);2-6,11,14,27H,7-10H2,1H3,(H2,21,22,25). The number of aromatic amines is 8. The zero-order valence-electron chi connectivity index (χ0n) is 69.5. The molecule has 6 aromatic carbocycles. The van der Waals surface area contributed by atoms with Crippen LogP contribution >= 0.6 is 48.9 Å². The third-order valence-electron chi connectivity index (χ3n) is 23.9. The molecule has 15 aromatic rings. The van der Waals surface area contributed by atoms with Gasteiger partial charge in [-0.15, -0.1) is 0 Å².